The van der Waals surface area contributed by atoms with Gasteiger partial charge in [-0.1, -0.05) is 30.3 Å². The molecule has 5 rings (SSSR count). The van der Waals surface area contributed by atoms with Gasteiger partial charge in [-0.15, -0.1) is 0 Å². The summed E-state index contributed by atoms with van der Waals surface area (Å²) < 4.78 is 3.29. The summed E-state index contributed by atoms with van der Waals surface area (Å²) in [5, 5.41) is 23.1. The number of nitro groups is 1. The minimum atomic E-state index is -0.528. The van der Waals surface area contributed by atoms with E-state index in [1.165, 1.54) is 29.5 Å². The third kappa shape index (κ3) is 4.10. The Morgan fingerprint density at radius 3 is 2.79 bits per heavy atom. The van der Waals surface area contributed by atoms with Crippen molar-refractivity contribution in [1.82, 2.24) is 29.9 Å². The highest BCUT2D eigenvalue weighted by Crippen LogP contribution is 2.31. The third-order valence-electron chi connectivity index (χ3n) is 5.84. The zero-order chi connectivity index (χ0) is 22.8. The number of benzene rings is 2. The summed E-state index contributed by atoms with van der Waals surface area (Å²) in [6.45, 7) is 0.673. The molecule has 0 aliphatic heterocycles. The first kappa shape index (κ1) is 20.6. The smallest absolute Gasteiger partial charge is 0.295 e. The van der Waals surface area contributed by atoms with Crippen molar-refractivity contribution in [3.8, 4) is 5.69 Å². The van der Waals surface area contributed by atoms with Crippen LogP contribution >= 0.6 is 0 Å². The molecule has 1 atom stereocenters. The summed E-state index contributed by atoms with van der Waals surface area (Å²) >= 11 is 0. The Morgan fingerprint density at radius 2 is 2.03 bits per heavy atom. The molecule has 1 amide bonds. The number of nitro benzene ring substituents is 1. The van der Waals surface area contributed by atoms with Crippen LogP contribution in [0.5, 0.6) is 0 Å². The molecule has 0 radical (unpaired) electrons. The van der Waals surface area contributed by atoms with E-state index in [9.17, 15) is 14.9 Å². The zero-order valence-corrected chi connectivity index (χ0v) is 17.7. The Bertz CT molecular complexity index is 1300. The fourth-order valence-electron chi connectivity index (χ4n) is 4.24. The number of carbonyl (C=O) groups excluding carboxylic acids is 1. The van der Waals surface area contributed by atoms with Gasteiger partial charge in [0.1, 0.15) is 18.3 Å². The standard InChI is InChI=1S/C23H21N7O3/c31-23(17-9-10-21(22(11-17)30(32)33)29-15-24-14-26-29)27-19-7-4-8-20-18(19)12-25-28(20)13-16-5-2-1-3-6-16/h1-3,5-6,9-12,14-15,19H,4,7-8,13H2,(H,27,31). The summed E-state index contributed by atoms with van der Waals surface area (Å²) in [6.07, 6.45) is 7.09. The van der Waals surface area contributed by atoms with Crippen LogP contribution in [0.3, 0.4) is 0 Å². The van der Waals surface area contributed by atoms with Crippen LogP contribution in [0.15, 0.2) is 67.4 Å². The van der Waals surface area contributed by atoms with Crippen LogP contribution in [0.25, 0.3) is 5.69 Å². The number of hydrogen-bond acceptors (Lipinski definition) is 6. The van der Waals surface area contributed by atoms with Crippen molar-refractivity contribution < 1.29 is 9.72 Å². The van der Waals surface area contributed by atoms with E-state index in [4.69, 9.17) is 0 Å². The van der Waals surface area contributed by atoms with E-state index in [-0.39, 0.29) is 28.9 Å². The molecule has 1 unspecified atom stereocenters. The summed E-state index contributed by atoms with van der Waals surface area (Å²) in [5.41, 5.74) is 3.52. The normalized spacial score (nSPS) is 15.1. The fourth-order valence-corrected chi connectivity index (χ4v) is 4.24. The van der Waals surface area contributed by atoms with Crippen LogP contribution in [0, 0.1) is 10.1 Å². The van der Waals surface area contributed by atoms with Crippen molar-refractivity contribution in [3.63, 3.8) is 0 Å². The summed E-state index contributed by atoms with van der Waals surface area (Å²) in [6, 6.07) is 14.3. The average Bonchev–Trinajstić information content (AvgIpc) is 3.51. The Morgan fingerprint density at radius 1 is 1.18 bits per heavy atom. The van der Waals surface area contributed by atoms with Crippen molar-refractivity contribution >= 4 is 11.6 Å². The highest BCUT2D eigenvalue weighted by atomic mass is 16.6. The maximum absolute atomic E-state index is 13.0. The number of carbonyl (C=O) groups is 1. The van der Waals surface area contributed by atoms with Gasteiger partial charge in [0, 0.05) is 22.9 Å². The number of rotatable bonds is 6. The minimum Gasteiger partial charge on any atom is -0.345 e. The molecule has 1 N–H and O–H groups in total. The summed E-state index contributed by atoms with van der Waals surface area (Å²) in [4.78, 5) is 27.9. The summed E-state index contributed by atoms with van der Waals surface area (Å²) in [7, 11) is 0. The van der Waals surface area contributed by atoms with Gasteiger partial charge in [0.05, 0.1) is 23.7 Å². The van der Waals surface area contributed by atoms with E-state index in [1.807, 2.05) is 29.1 Å². The molecule has 1 aliphatic rings. The largest absolute Gasteiger partial charge is 0.345 e. The van der Waals surface area contributed by atoms with Crippen LogP contribution < -0.4 is 5.32 Å². The molecule has 1 aliphatic carbocycles. The van der Waals surface area contributed by atoms with E-state index in [0.717, 1.165) is 36.1 Å². The molecule has 2 heterocycles. The topological polar surface area (TPSA) is 121 Å². The van der Waals surface area contributed by atoms with Crippen LogP contribution in [0.2, 0.25) is 0 Å². The molecule has 166 valence electrons. The Kier molecular flexibility index (Phi) is 5.39. The van der Waals surface area contributed by atoms with Gasteiger partial charge in [-0.05, 0) is 37.0 Å². The van der Waals surface area contributed by atoms with E-state index in [0.29, 0.717) is 6.54 Å². The van der Waals surface area contributed by atoms with E-state index < -0.39 is 4.92 Å². The predicted octanol–water partition coefficient (Wildman–Crippen LogP) is 3.23. The third-order valence-corrected chi connectivity index (χ3v) is 5.84. The molecule has 0 fully saturated rings. The van der Waals surface area contributed by atoms with Gasteiger partial charge in [0.25, 0.3) is 11.6 Å². The molecule has 2 aromatic carbocycles. The molecule has 10 heteroatoms. The van der Waals surface area contributed by atoms with Crippen LogP contribution in [0.4, 0.5) is 5.69 Å². The zero-order valence-electron chi connectivity index (χ0n) is 17.7. The van der Waals surface area contributed by atoms with E-state index >= 15 is 0 Å². The lowest BCUT2D eigenvalue weighted by atomic mass is 9.92. The second-order valence-corrected chi connectivity index (χ2v) is 7.91. The Labute approximate surface area is 189 Å². The number of aromatic nitrogens is 5. The van der Waals surface area contributed by atoms with Crippen LogP contribution in [0.1, 0.15) is 46.1 Å². The Balaban J connectivity index is 1.37. The lowest BCUT2D eigenvalue weighted by Gasteiger charge is -2.24. The number of fused-ring (bicyclic) bond motifs is 1. The van der Waals surface area contributed by atoms with Gasteiger partial charge in [-0.25, -0.2) is 9.67 Å². The second-order valence-electron chi connectivity index (χ2n) is 7.91. The van der Waals surface area contributed by atoms with Crippen molar-refractivity contribution in [2.24, 2.45) is 0 Å². The number of nitrogens with one attached hydrogen (secondary N) is 1. The lowest BCUT2D eigenvalue weighted by Crippen LogP contribution is -2.31. The van der Waals surface area contributed by atoms with Crippen molar-refractivity contribution in [3.05, 3.63) is 99.9 Å². The van der Waals surface area contributed by atoms with Gasteiger partial charge >= 0.3 is 0 Å². The maximum Gasteiger partial charge on any atom is 0.295 e. The van der Waals surface area contributed by atoms with E-state index in [1.54, 1.807) is 6.07 Å². The van der Waals surface area contributed by atoms with Crippen molar-refractivity contribution in [1.29, 1.82) is 0 Å². The molecule has 0 saturated heterocycles. The fraction of sp³-hybridized carbons (Fsp3) is 0.217. The van der Waals surface area contributed by atoms with Crippen molar-refractivity contribution in [2.45, 2.75) is 31.8 Å². The highest BCUT2D eigenvalue weighted by Gasteiger charge is 2.27. The predicted molar refractivity (Wildman–Crippen MR) is 119 cm³/mol. The lowest BCUT2D eigenvalue weighted by molar-refractivity contribution is -0.384. The number of hydrogen-bond donors (Lipinski definition) is 1. The first-order chi connectivity index (χ1) is 16.1. The first-order valence-electron chi connectivity index (χ1n) is 10.6. The molecule has 0 bridgehead atoms. The average molecular weight is 443 g/mol. The van der Waals surface area contributed by atoms with Crippen LogP contribution in [-0.2, 0) is 13.0 Å². The molecule has 0 saturated carbocycles. The van der Waals surface area contributed by atoms with Crippen LogP contribution in [-0.4, -0.2) is 35.4 Å². The van der Waals surface area contributed by atoms with Crippen molar-refractivity contribution in [2.75, 3.05) is 0 Å². The SMILES string of the molecule is O=C(NC1CCCc2c1cnn2Cc1ccccc1)c1ccc(-n2cncn2)c([N+](=O)[O-])c1. The molecule has 4 aromatic rings. The minimum absolute atomic E-state index is 0.195. The highest BCUT2D eigenvalue weighted by molar-refractivity contribution is 5.95. The summed E-state index contributed by atoms with van der Waals surface area (Å²) in [5.74, 6) is -0.364. The van der Waals surface area contributed by atoms with E-state index in [2.05, 4.69) is 32.6 Å². The number of amides is 1. The maximum atomic E-state index is 13.0. The van der Waals surface area contributed by atoms with Gasteiger partial charge in [-0.2, -0.15) is 10.2 Å². The Hall–Kier alpha value is -4.34. The molecule has 2 aromatic heterocycles. The molecular formula is C23H21N7O3. The molecule has 33 heavy (non-hydrogen) atoms. The second kappa shape index (κ2) is 8.65. The van der Waals surface area contributed by atoms with Gasteiger partial charge in [-0.3, -0.25) is 19.6 Å². The quantitative estimate of drug-likeness (QED) is 0.361. The first-order valence-corrected chi connectivity index (χ1v) is 10.6. The number of nitrogens with zero attached hydrogens (tertiary/aromatic N) is 6. The molecular weight excluding hydrogens is 422 g/mol. The molecule has 10 nitrogen and oxygen atoms in total. The van der Waals surface area contributed by atoms with Gasteiger partial charge < -0.3 is 5.32 Å². The van der Waals surface area contributed by atoms with Gasteiger partial charge in [0.15, 0.2) is 0 Å². The monoisotopic (exact) mass is 443 g/mol. The molecule has 0 spiro atoms. The van der Waals surface area contributed by atoms with Gasteiger partial charge in [0.2, 0.25) is 0 Å².